The van der Waals surface area contributed by atoms with Crippen LogP contribution in [-0.2, 0) is 0 Å². The van der Waals surface area contributed by atoms with Crippen LogP contribution in [-0.4, -0.2) is 30.5 Å². The molecule has 1 rings (SSSR count). The van der Waals surface area contributed by atoms with E-state index < -0.39 is 5.72 Å². The summed E-state index contributed by atoms with van der Waals surface area (Å²) in [5.74, 6) is 0. The molecule has 0 aromatic carbocycles. The Balaban J connectivity index is 2.33. The highest BCUT2D eigenvalue weighted by molar-refractivity contribution is 4.77. The molecule has 3 nitrogen and oxygen atoms in total. The Labute approximate surface area is 49.1 Å². The van der Waals surface area contributed by atoms with Crippen molar-refractivity contribution in [3.05, 3.63) is 0 Å². The first-order chi connectivity index (χ1) is 3.71. The van der Waals surface area contributed by atoms with Gasteiger partial charge in [-0.05, 0) is 6.92 Å². The molecule has 1 heterocycles. The molecule has 48 valence electrons. The predicted octanol–water partition coefficient (Wildman–Crippen LogP) is -1.11. The van der Waals surface area contributed by atoms with Gasteiger partial charge in [0.25, 0.3) is 0 Å². The number of β-amino-alcohol motifs (C(OH)–C–C–N with tert-alkyl or cyclic N) is 1. The highest BCUT2D eigenvalue weighted by Crippen LogP contribution is 1.96. The Bertz CT molecular complexity index is 74.5. The van der Waals surface area contributed by atoms with Crippen molar-refractivity contribution in [3.8, 4) is 0 Å². The number of hydrogen-bond acceptors (Lipinski definition) is 3. The van der Waals surface area contributed by atoms with Crippen LogP contribution in [0.4, 0.5) is 0 Å². The number of nitrogens with one attached hydrogen (secondary N) is 2. The minimum absolute atomic E-state index is 0.646. The van der Waals surface area contributed by atoms with Gasteiger partial charge in [0.15, 0.2) is 0 Å². The standard InChI is InChI=1S/C5H12N2O/c1-5(8)4-6-2-3-7-5/h6-8H,2-4H2,1H3. The first kappa shape index (κ1) is 6.01. The fourth-order valence-electron chi connectivity index (χ4n) is 0.814. The average molecular weight is 116 g/mol. The predicted molar refractivity (Wildman–Crippen MR) is 31.5 cm³/mol. The molecule has 8 heavy (non-hydrogen) atoms. The maximum absolute atomic E-state index is 9.20. The molecule has 0 radical (unpaired) electrons. The van der Waals surface area contributed by atoms with Crippen LogP contribution >= 0.6 is 0 Å². The van der Waals surface area contributed by atoms with Gasteiger partial charge < -0.3 is 10.4 Å². The molecular formula is C5H12N2O. The molecule has 1 fully saturated rings. The molecule has 0 spiro atoms. The lowest BCUT2D eigenvalue weighted by Gasteiger charge is -2.29. The molecule has 1 unspecified atom stereocenters. The molecule has 3 N–H and O–H groups in total. The van der Waals surface area contributed by atoms with Gasteiger partial charge in [-0.25, -0.2) is 0 Å². The van der Waals surface area contributed by atoms with Gasteiger partial charge in [0.2, 0.25) is 0 Å². The molecule has 1 aliphatic heterocycles. The van der Waals surface area contributed by atoms with Crippen LogP contribution in [0.2, 0.25) is 0 Å². The Morgan fingerprint density at radius 2 is 2.25 bits per heavy atom. The lowest BCUT2D eigenvalue weighted by atomic mass is 10.2. The van der Waals surface area contributed by atoms with Crippen LogP contribution in [0.15, 0.2) is 0 Å². The molecule has 0 aromatic heterocycles. The topological polar surface area (TPSA) is 44.3 Å². The molecule has 3 heteroatoms. The van der Waals surface area contributed by atoms with E-state index >= 15 is 0 Å². The van der Waals surface area contributed by atoms with Crippen LogP contribution < -0.4 is 10.6 Å². The summed E-state index contributed by atoms with van der Waals surface area (Å²) in [6, 6.07) is 0. The molecule has 0 aliphatic carbocycles. The van der Waals surface area contributed by atoms with E-state index in [0.717, 1.165) is 13.1 Å². The van der Waals surface area contributed by atoms with E-state index in [-0.39, 0.29) is 0 Å². The zero-order valence-corrected chi connectivity index (χ0v) is 5.07. The van der Waals surface area contributed by atoms with Crippen molar-refractivity contribution in [1.82, 2.24) is 10.6 Å². The largest absolute Gasteiger partial charge is 0.375 e. The molecule has 0 bridgehead atoms. The fraction of sp³-hybridized carbons (Fsp3) is 1.00. The Morgan fingerprint density at radius 3 is 2.50 bits per heavy atom. The molecule has 0 aromatic rings. The van der Waals surface area contributed by atoms with Gasteiger partial charge in [-0.15, -0.1) is 0 Å². The Morgan fingerprint density at radius 1 is 1.50 bits per heavy atom. The van der Waals surface area contributed by atoms with Crippen molar-refractivity contribution >= 4 is 0 Å². The molecular weight excluding hydrogens is 104 g/mol. The van der Waals surface area contributed by atoms with E-state index in [1.165, 1.54) is 0 Å². The van der Waals surface area contributed by atoms with Gasteiger partial charge >= 0.3 is 0 Å². The van der Waals surface area contributed by atoms with Gasteiger partial charge in [-0.2, -0.15) is 0 Å². The van der Waals surface area contributed by atoms with Crippen LogP contribution in [0.25, 0.3) is 0 Å². The van der Waals surface area contributed by atoms with Gasteiger partial charge in [-0.3, -0.25) is 5.32 Å². The normalized spacial score (nSPS) is 39.8. The smallest absolute Gasteiger partial charge is 0.125 e. The van der Waals surface area contributed by atoms with Crippen molar-refractivity contribution in [2.24, 2.45) is 0 Å². The summed E-state index contributed by atoms with van der Waals surface area (Å²) in [5, 5.41) is 15.2. The second kappa shape index (κ2) is 2.01. The first-order valence-corrected chi connectivity index (χ1v) is 2.89. The van der Waals surface area contributed by atoms with Gasteiger partial charge in [-0.1, -0.05) is 0 Å². The number of aliphatic hydroxyl groups is 1. The molecule has 1 aliphatic rings. The van der Waals surface area contributed by atoms with Gasteiger partial charge in [0.1, 0.15) is 5.72 Å². The summed E-state index contributed by atoms with van der Waals surface area (Å²) < 4.78 is 0. The zero-order chi connectivity index (χ0) is 6.04. The molecule has 1 saturated heterocycles. The highest BCUT2D eigenvalue weighted by Gasteiger charge is 2.20. The van der Waals surface area contributed by atoms with Crippen LogP contribution in [0.1, 0.15) is 6.92 Å². The fourth-order valence-corrected chi connectivity index (χ4v) is 0.814. The van der Waals surface area contributed by atoms with E-state index in [4.69, 9.17) is 0 Å². The minimum Gasteiger partial charge on any atom is -0.375 e. The monoisotopic (exact) mass is 116 g/mol. The highest BCUT2D eigenvalue weighted by atomic mass is 16.3. The third-order valence-corrected chi connectivity index (χ3v) is 1.28. The SMILES string of the molecule is CC1(O)CNCCN1. The summed E-state index contributed by atoms with van der Waals surface area (Å²) in [5.41, 5.74) is -0.682. The lowest BCUT2D eigenvalue weighted by molar-refractivity contribution is 0.0120. The number of hydrogen-bond donors (Lipinski definition) is 3. The maximum Gasteiger partial charge on any atom is 0.125 e. The summed E-state index contributed by atoms with van der Waals surface area (Å²) in [7, 11) is 0. The van der Waals surface area contributed by atoms with E-state index in [2.05, 4.69) is 10.6 Å². The lowest BCUT2D eigenvalue weighted by Crippen LogP contribution is -2.57. The number of piperazine rings is 1. The second-order valence-corrected chi connectivity index (χ2v) is 2.38. The van der Waals surface area contributed by atoms with Crippen LogP contribution in [0.3, 0.4) is 0 Å². The Kier molecular flexibility index (Phi) is 1.51. The summed E-state index contributed by atoms with van der Waals surface area (Å²) in [6.45, 7) is 4.22. The molecule has 0 amide bonds. The van der Waals surface area contributed by atoms with Crippen LogP contribution in [0.5, 0.6) is 0 Å². The second-order valence-electron chi connectivity index (χ2n) is 2.38. The molecule has 0 saturated carbocycles. The van der Waals surface area contributed by atoms with E-state index in [1.807, 2.05) is 0 Å². The minimum atomic E-state index is -0.682. The van der Waals surface area contributed by atoms with Crippen molar-refractivity contribution < 1.29 is 5.11 Å². The third kappa shape index (κ3) is 1.43. The number of rotatable bonds is 0. The summed E-state index contributed by atoms with van der Waals surface area (Å²) in [6.07, 6.45) is 0. The van der Waals surface area contributed by atoms with Crippen LogP contribution in [0, 0.1) is 0 Å². The third-order valence-electron chi connectivity index (χ3n) is 1.28. The van der Waals surface area contributed by atoms with Gasteiger partial charge in [0.05, 0.1) is 0 Å². The first-order valence-electron chi connectivity index (χ1n) is 2.89. The molecule has 1 atom stereocenters. The van der Waals surface area contributed by atoms with Crippen molar-refractivity contribution in [3.63, 3.8) is 0 Å². The quantitative estimate of drug-likeness (QED) is 0.376. The van der Waals surface area contributed by atoms with Crippen molar-refractivity contribution in [2.45, 2.75) is 12.6 Å². The van der Waals surface area contributed by atoms with E-state index in [0.29, 0.717) is 6.54 Å². The Hall–Kier alpha value is -0.120. The summed E-state index contributed by atoms with van der Waals surface area (Å²) in [4.78, 5) is 0. The zero-order valence-electron chi connectivity index (χ0n) is 5.07. The average Bonchev–Trinajstić information content (AvgIpc) is 1.65. The van der Waals surface area contributed by atoms with E-state index in [1.54, 1.807) is 6.92 Å². The van der Waals surface area contributed by atoms with Gasteiger partial charge in [0, 0.05) is 19.6 Å². The maximum atomic E-state index is 9.20. The summed E-state index contributed by atoms with van der Waals surface area (Å²) >= 11 is 0. The van der Waals surface area contributed by atoms with Crippen molar-refractivity contribution in [1.29, 1.82) is 0 Å². The van der Waals surface area contributed by atoms with E-state index in [9.17, 15) is 5.11 Å². The van der Waals surface area contributed by atoms with Crippen molar-refractivity contribution in [2.75, 3.05) is 19.6 Å².